The number of likely N-dealkylation sites (N-methyl/N-ethyl adjacent to an activating group) is 1. The summed E-state index contributed by atoms with van der Waals surface area (Å²) in [5.74, 6) is 1.28. The lowest BCUT2D eigenvalue weighted by molar-refractivity contribution is 0.373. The van der Waals surface area contributed by atoms with Crippen LogP contribution in [0.1, 0.15) is 17.2 Å². The van der Waals surface area contributed by atoms with Gasteiger partial charge in [0, 0.05) is 6.04 Å². The molecule has 112 valence electrons. The van der Waals surface area contributed by atoms with Crippen LogP contribution in [0.25, 0.3) is 0 Å². The Balaban J connectivity index is 2.37. The Morgan fingerprint density at radius 1 is 1.05 bits per heavy atom. The average molecular weight is 289 g/mol. The molecule has 0 spiro atoms. The summed E-state index contributed by atoms with van der Waals surface area (Å²) >= 11 is 0. The molecule has 21 heavy (non-hydrogen) atoms. The smallest absolute Gasteiger partial charge is 0.127 e. The van der Waals surface area contributed by atoms with Crippen molar-refractivity contribution < 1.29 is 13.9 Å². The highest BCUT2D eigenvalue weighted by atomic mass is 19.1. The van der Waals surface area contributed by atoms with Crippen molar-refractivity contribution in [1.29, 1.82) is 0 Å². The lowest BCUT2D eigenvalue weighted by atomic mass is 9.97. The largest absolute Gasteiger partial charge is 0.496 e. The summed E-state index contributed by atoms with van der Waals surface area (Å²) in [5.41, 5.74) is 1.86. The summed E-state index contributed by atoms with van der Waals surface area (Å²) in [6, 6.07) is 12.3. The molecule has 1 N–H and O–H groups in total. The van der Waals surface area contributed by atoms with Crippen molar-refractivity contribution in [3.8, 4) is 11.5 Å². The van der Waals surface area contributed by atoms with Gasteiger partial charge in [-0.1, -0.05) is 18.2 Å². The third kappa shape index (κ3) is 3.52. The molecule has 2 rings (SSSR count). The Bertz CT molecular complexity index is 579. The van der Waals surface area contributed by atoms with E-state index in [2.05, 4.69) is 5.32 Å². The highest BCUT2D eigenvalue weighted by Gasteiger charge is 2.20. The first-order valence-corrected chi connectivity index (χ1v) is 6.82. The molecule has 0 aliphatic carbocycles. The number of methoxy groups -OCH3 is 2. The van der Waals surface area contributed by atoms with Crippen LogP contribution in [-0.2, 0) is 6.42 Å². The number of ether oxygens (including phenoxy) is 2. The second-order valence-corrected chi connectivity index (χ2v) is 4.75. The molecule has 0 radical (unpaired) electrons. The van der Waals surface area contributed by atoms with E-state index in [9.17, 15) is 4.39 Å². The van der Waals surface area contributed by atoms with E-state index in [0.717, 1.165) is 22.6 Å². The van der Waals surface area contributed by atoms with E-state index in [4.69, 9.17) is 9.47 Å². The highest BCUT2D eigenvalue weighted by Crippen LogP contribution is 2.35. The number of nitrogens with one attached hydrogen (secondary N) is 1. The number of benzene rings is 2. The summed E-state index contributed by atoms with van der Waals surface area (Å²) < 4.78 is 24.2. The molecule has 0 aromatic heterocycles. The number of hydrogen-bond acceptors (Lipinski definition) is 3. The van der Waals surface area contributed by atoms with Crippen LogP contribution in [0.4, 0.5) is 4.39 Å². The Kier molecular flexibility index (Phi) is 5.17. The molecule has 0 saturated carbocycles. The molecular weight excluding hydrogens is 269 g/mol. The third-order valence-corrected chi connectivity index (χ3v) is 3.49. The summed E-state index contributed by atoms with van der Waals surface area (Å²) in [4.78, 5) is 0. The van der Waals surface area contributed by atoms with Crippen LogP contribution in [0.3, 0.4) is 0 Å². The summed E-state index contributed by atoms with van der Waals surface area (Å²) in [6.07, 6.45) is 0.644. The van der Waals surface area contributed by atoms with Crippen LogP contribution in [0, 0.1) is 5.82 Å². The maximum atomic E-state index is 13.3. The predicted molar refractivity (Wildman–Crippen MR) is 81.5 cm³/mol. The van der Waals surface area contributed by atoms with E-state index in [1.807, 2.05) is 31.3 Å². The first kappa shape index (κ1) is 15.3. The summed E-state index contributed by atoms with van der Waals surface area (Å²) in [6.45, 7) is 0. The number of rotatable bonds is 6. The first-order valence-electron chi connectivity index (χ1n) is 6.82. The van der Waals surface area contributed by atoms with Gasteiger partial charge in [0.15, 0.2) is 0 Å². The van der Waals surface area contributed by atoms with Crippen LogP contribution >= 0.6 is 0 Å². The van der Waals surface area contributed by atoms with E-state index in [1.165, 1.54) is 6.07 Å². The Morgan fingerprint density at radius 2 is 1.67 bits per heavy atom. The van der Waals surface area contributed by atoms with Crippen molar-refractivity contribution in [3.05, 3.63) is 59.4 Å². The van der Waals surface area contributed by atoms with Gasteiger partial charge in [0.25, 0.3) is 0 Å². The molecule has 0 fully saturated rings. The first-order chi connectivity index (χ1) is 10.2. The zero-order valence-corrected chi connectivity index (χ0v) is 12.5. The molecule has 0 heterocycles. The van der Waals surface area contributed by atoms with Gasteiger partial charge in [0.2, 0.25) is 0 Å². The van der Waals surface area contributed by atoms with Crippen LogP contribution in [0.2, 0.25) is 0 Å². The van der Waals surface area contributed by atoms with Gasteiger partial charge in [0.05, 0.1) is 19.8 Å². The molecule has 0 aliphatic heterocycles. The van der Waals surface area contributed by atoms with Gasteiger partial charge < -0.3 is 14.8 Å². The minimum absolute atomic E-state index is 0.0297. The van der Waals surface area contributed by atoms with Crippen LogP contribution in [0.5, 0.6) is 11.5 Å². The monoisotopic (exact) mass is 289 g/mol. The lowest BCUT2D eigenvalue weighted by Crippen LogP contribution is -2.20. The van der Waals surface area contributed by atoms with Gasteiger partial charge in [0.1, 0.15) is 17.3 Å². The van der Waals surface area contributed by atoms with Crippen molar-refractivity contribution in [1.82, 2.24) is 5.32 Å². The van der Waals surface area contributed by atoms with Gasteiger partial charge in [-0.2, -0.15) is 0 Å². The Morgan fingerprint density at radius 3 is 2.19 bits per heavy atom. The second kappa shape index (κ2) is 7.09. The molecule has 4 heteroatoms. The fraction of sp³-hybridized carbons (Fsp3) is 0.294. The van der Waals surface area contributed by atoms with Crippen molar-refractivity contribution in [3.63, 3.8) is 0 Å². The fourth-order valence-electron chi connectivity index (χ4n) is 2.47. The maximum Gasteiger partial charge on any atom is 0.127 e. The van der Waals surface area contributed by atoms with Gasteiger partial charge in [-0.15, -0.1) is 0 Å². The molecule has 1 atom stereocenters. The Hall–Kier alpha value is -2.07. The van der Waals surface area contributed by atoms with Crippen LogP contribution in [-0.4, -0.2) is 21.3 Å². The second-order valence-electron chi connectivity index (χ2n) is 4.75. The molecule has 0 aliphatic rings. The highest BCUT2D eigenvalue weighted by molar-refractivity contribution is 5.47. The molecule has 2 aromatic rings. The van der Waals surface area contributed by atoms with Crippen molar-refractivity contribution >= 4 is 0 Å². The lowest BCUT2D eigenvalue weighted by Gasteiger charge is -2.22. The quantitative estimate of drug-likeness (QED) is 0.884. The molecular formula is C17H20FNO2. The van der Waals surface area contributed by atoms with Gasteiger partial charge in [-0.25, -0.2) is 4.39 Å². The minimum Gasteiger partial charge on any atom is -0.496 e. The standard InChI is InChI=1S/C17H20FNO2/c1-19-14(11-12-6-4-7-13(18)10-12)17-15(20-2)8-5-9-16(17)21-3/h4-10,14,19H,11H2,1-3H3. The average Bonchev–Trinajstić information content (AvgIpc) is 2.52. The number of hydrogen-bond donors (Lipinski definition) is 1. The van der Waals surface area contributed by atoms with Gasteiger partial charge >= 0.3 is 0 Å². The van der Waals surface area contributed by atoms with E-state index in [1.54, 1.807) is 26.4 Å². The topological polar surface area (TPSA) is 30.5 Å². The Labute approximate surface area is 124 Å². The molecule has 2 aromatic carbocycles. The fourth-order valence-corrected chi connectivity index (χ4v) is 2.47. The predicted octanol–water partition coefficient (Wildman–Crippen LogP) is 3.35. The zero-order valence-electron chi connectivity index (χ0n) is 12.5. The van der Waals surface area contributed by atoms with Crippen molar-refractivity contribution in [2.75, 3.05) is 21.3 Å². The van der Waals surface area contributed by atoms with Gasteiger partial charge in [-0.05, 0) is 43.3 Å². The van der Waals surface area contributed by atoms with E-state index >= 15 is 0 Å². The van der Waals surface area contributed by atoms with Crippen LogP contribution in [0.15, 0.2) is 42.5 Å². The van der Waals surface area contributed by atoms with Crippen LogP contribution < -0.4 is 14.8 Å². The molecule has 1 unspecified atom stereocenters. The molecule has 3 nitrogen and oxygen atoms in total. The third-order valence-electron chi connectivity index (χ3n) is 3.49. The molecule has 0 bridgehead atoms. The minimum atomic E-state index is -0.227. The van der Waals surface area contributed by atoms with E-state index in [-0.39, 0.29) is 11.9 Å². The molecule has 0 saturated heterocycles. The zero-order chi connectivity index (χ0) is 15.2. The SMILES string of the molecule is CNC(Cc1cccc(F)c1)c1c(OC)cccc1OC. The van der Waals surface area contributed by atoms with Crippen molar-refractivity contribution in [2.45, 2.75) is 12.5 Å². The maximum absolute atomic E-state index is 13.3. The summed E-state index contributed by atoms with van der Waals surface area (Å²) in [5, 5.41) is 3.25. The van der Waals surface area contributed by atoms with Gasteiger partial charge in [-0.3, -0.25) is 0 Å². The summed E-state index contributed by atoms with van der Waals surface area (Å²) in [7, 11) is 5.14. The number of halogens is 1. The van der Waals surface area contributed by atoms with E-state index < -0.39 is 0 Å². The normalized spacial score (nSPS) is 12.0. The van der Waals surface area contributed by atoms with E-state index in [0.29, 0.717) is 6.42 Å². The molecule has 0 amide bonds. The van der Waals surface area contributed by atoms with Crippen molar-refractivity contribution in [2.24, 2.45) is 0 Å².